The largest absolute Gasteiger partial charge is 0.496 e. The van der Waals surface area contributed by atoms with Gasteiger partial charge in [-0.05, 0) is 31.5 Å². The van der Waals surface area contributed by atoms with E-state index in [2.05, 4.69) is 44.5 Å². The van der Waals surface area contributed by atoms with Gasteiger partial charge < -0.3 is 14.8 Å². The van der Waals surface area contributed by atoms with E-state index in [0.29, 0.717) is 0 Å². The molecule has 0 aliphatic rings. The van der Waals surface area contributed by atoms with Crippen molar-refractivity contribution in [3.63, 3.8) is 0 Å². The van der Waals surface area contributed by atoms with Gasteiger partial charge in [-0.1, -0.05) is 20.8 Å². The third kappa shape index (κ3) is 3.67. The maximum Gasteiger partial charge on any atom is 0.128 e. The second-order valence-electron chi connectivity index (χ2n) is 6.58. The van der Waals surface area contributed by atoms with Gasteiger partial charge in [0, 0.05) is 16.5 Å². The van der Waals surface area contributed by atoms with Gasteiger partial charge in [-0.2, -0.15) is 0 Å². The Morgan fingerprint density at radius 1 is 1.13 bits per heavy atom. The Bertz CT molecular complexity index is 674. The van der Waals surface area contributed by atoms with Crippen LogP contribution in [0.5, 0.6) is 11.5 Å². The lowest BCUT2D eigenvalue weighted by Gasteiger charge is -2.24. The molecule has 0 radical (unpaired) electrons. The molecule has 2 aromatic rings. The first-order chi connectivity index (χ1) is 10.8. The molecule has 0 aliphatic heterocycles. The predicted molar refractivity (Wildman–Crippen MR) is 96.8 cm³/mol. The molecule has 1 atom stereocenters. The molecule has 1 heterocycles. The van der Waals surface area contributed by atoms with Crippen molar-refractivity contribution in [2.24, 2.45) is 0 Å². The third-order valence-electron chi connectivity index (χ3n) is 3.93. The summed E-state index contributed by atoms with van der Waals surface area (Å²) in [4.78, 5) is 4.75. The van der Waals surface area contributed by atoms with Gasteiger partial charge in [0.25, 0.3) is 0 Å². The summed E-state index contributed by atoms with van der Waals surface area (Å²) in [5, 5.41) is 6.34. The first kappa shape index (κ1) is 17.8. The Kier molecular flexibility index (Phi) is 5.32. The highest BCUT2D eigenvalue weighted by Gasteiger charge is 2.23. The van der Waals surface area contributed by atoms with E-state index in [0.717, 1.165) is 33.3 Å². The van der Waals surface area contributed by atoms with Gasteiger partial charge in [0.2, 0.25) is 0 Å². The Morgan fingerprint density at radius 3 is 2.30 bits per heavy atom. The van der Waals surface area contributed by atoms with E-state index >= 15 is 0 Å². The van der Waals surface area contributed by atoms with Crippen LogP contribution in [-0.4, -0.2) is 26.3 Å². The van der Waals surface area contributed by atoms with E-state index in [4.69, 9.17) is 14.5 Å². The van der Waals surface area contributed by atoms with E-state index in [1.807, 2.05) is 13.1 Å². The summed E-state index contributed by atoms with van der Waals surface area (Å²) in [6.45, 7) is 8.60. The second kappa shape index (κ2) is 6.89. The van der Waals surface area contributed by atoms with Crippen molar-refractivity contribution in [1.29, 1.82) is 0 Å². The fourth-order valence-corrected chi connectivity index (χ4v) is 3.30. The van der Waals surface area contributed by atoms with Crippen molar-refractivity contribution in [2.75, 3.05) is 21.3 Å². The molecule has 0 saturated heterocycles. The summed E-state index contributed by atoms with van der Waals surface area (Å²) in [5.74, 6) is 1.69. The van der Waals surface area contributed by atoms with Crippen molar-refractivity contribution in [1.82, 2.24) is 10.3 Å². The molecule has 2 rings (SSSR count). The smallest absolute Gasteiger partial charge is 0.128 e. The average Bonchev–Trinajstić information content (AvgIpc) is 3.01. The van der Waals surface area contributed by atoms with Crippen LogP contribution in [0.3, 0.4) is 0 Å². The molecule has 23 heavy (non-hydrogen) atoms. The molecule has 1 aromatic carbocycles. The van der Waals surface area contributed by atoms with Crippen LogP contribution in [0.15, 0.2) is 17.5 Å². The zero-order valence-electron chi connectivity index (χ0n) is 15.0. The first-order valence-electron chi connectivity index (χ1n) is 7.71. The molecule has 0 fully saturated rings. The van der Waals surface area contributed by atoms with Crippen molar-refractivity contribution >= 4 is 11.3 Å². The second-order valence-corrected chi connectivity index (χ2v) is 7.47. The fourth-order valence-electron chi connectivity index (χ4n) is 2.42. The maximum absolute atomic E-state index is 5.62. The number of thiazole rings is 1. The summed E-state index contributed by atoms with van der Waals surface area (Å²) in [7, 11) is 5.34. The predicted octanol–water partition coefficient (Wildman–Crippen LogP) is 4.41. The summed E-state index contributed by atoms with van der Waals surface area (Å²) in [5.41, 5.74) is 2.98. The molecular weight excluding hydrogens is 308 g/mol. The van der Waals surface area contributed by atoms with E-state index in [-0.39, 0.29) is 11.5 Å². The van der Waals surface area contributed by atoms with Gasteiger partial charge in [-0.3, -0.25) is 0 Å². The highest BCUT2D eigenvalue weighted by molar-refractivity contribution is 7.10. The zero-order chi connectivity index (χ0) is 17.2. The number of hydrogen-bond acceptors (Lipinski definition) is 5. The van der Waals surface area contributed by atoms with E-state index < -0.39 is 0 Å². The molecule has 1 unspecified atom stereocenters. The Hall–Kier alpha value is -1.59. The molecule has 0 bridgehead atoms. The number of methoxy groups -OCH3 is 2. The topological polar surface area (TPSA) is 43.4 Å². The SMILES string of the molecule is CNC(C)c1nc(-c2cc(OC)c(C(C)(C)C)cc2OC)cs1. The van der Waals surface area contributed by atoms with E-state index in [1.165, 1.54) is 0 Å². The van der Waals surface area contributed by atoms with Gasteiger partial charge in [0.1, 0.15) is 16.5 Å². The maximum atomic E-state index is 5.62. The van der Waals surface area contributed by atoms with Crippen LogP contribution < -0.4 is 14.8 Å². The molecule has 0 amide bonds. The van der Waals surface area contributed by atoms with E-state index in [1.54, 1.807) is 25.6 Å². The molecule has 0 spiro atoms. The number of nitrogens with zero attached hydrogens (tertiary/aromatic N) is 1. The van der Waals surface area contributed by atoms with Gasteiger partial charge in [-0.25, -0.2) is 4.98 Å². The number of ether oxygens (including phenoxy) is 2. The Balaban J connectivity index is 2.56. The standard InChI is InChI=1S/C18H26N2O2S/c1-11(19-5)17-20-14(10-23-17)12-8-16(22-7)13(18(2,3)4)9-15(12)21-6/h8-11,19H,1-7H3. The molecule has 0 saturated carbocycles. The summed E-state index contributed by atoms with van der Waals surface area (Å²) >= 11 is 1.65. The van der Waals surface area contributed by atoms with E-state index in [9.17, 15) is 0 Å². The average molecular weight is 334 g/mol. The van der Waals surface area contributed by atoms with Crippen LogP contribution >= 0.6 is 11.3 Å². The number of benzene rings is 1. The Labute approximate surface area is 142 Å². The quantitative estimate of drug-likeness (QED) is 0.880. The molecule has 1 aromatic heterocycles. The lowest BCUT2D eigenvalue weighted by molar-refractivity contribution is 0.389. The Morgan fingerprint density at radius 2 is 1.78 bits per heavy atom. The van der Waals surface area contributed by atoms with Crippen LogP contribution in [0.1, 0.15) is 44.3 Å². The molecular formula is C18H26N2O2S. The minimum Gasteiger partial charge on any atom is -0.496 e. The summed E-state index contributed by atoms with van der Waals surface area (Å²) in [6.07, 6.45) is 0. The number of aromatic nitrogens is 1. The van der Waals surface area contributed by atoms with Crippen LogP contribution in [0.25, 0.3) is 11.3 Å². The molecule has 5 heteroatoms. The number of nitrogens with one attached hydrogen (secondary N) is 1. The van der Waals surface area contributed by atoms with Gasteiger partial charge in [0.15, 0.2) is 0 Å². The van der Waals surface area contributed by atoms with Crippen molar-refractivity contribution in [2.45, 2.75) is 39.2 Å². The monoisotopic (exact) mass is 334 g/mol. The number of hydrogen-bond donors (Lipinski definition) is 1. The highest BCUT2D eigenvalue weighted by atomic mass is 32.1. The lowest BCUT2D eigenvalue weighted by atomic mass is 9.85. The van der Waals surface area contributed by atoms with Crippen molar-refractivity contribution in [3.05, 3.63) is 28.1 Å². The fraction of sp³-hybridized carbons (Fsp3) is 0.500. The first-order valence-corrected chi connectivity index (χ1v) is 8.59. The van der Waals surface area contributed by atoms with Crippen LogP contribution in [0.4, 0.5) is 0 Å². The summed E-state index contributed by atoms with van der Waals surface area (Å²) < 4.78 is 11.2. The lowest BCUT2D eigenvalue weighted by Crippen LogP contribution is -2.13. The highest BCUT2D eigenvalue weighted by Crippen LogP contribution is 2.41. The third-order valence-corrected chi connectivity index (χ3v) is 4.96. The van der Waals surface area contributed by atoms with Crippen LogP contribution in [-0.2, 0) is 5.41 Å². The normalized spacial score (nSPS) is 13.0. The van der Waals surface area contributed by atoms with Crippen molar-refractivity contribution < 1.29 is 9.47 Å². The van der Waals surface area contributed by atoms with Crippen LogP contribution in [0.2, 0.25) is 0 Å². The minimum atomic E-state index is -0.0228. The minimum absolute atomic E-state index is 0.0228. The molecule has 4 nitrogen and oxygen atoms in total. The van der Waals surface area contributed by atoms with Gasteiger partial charge in [0.05, 0.1) is 26.0 Å². The summed E-state index contributed by atoms with van der Waals surface area (Å²) in [6, 6.07) is 4.33. The molecule has 1 N–H and O–H groups in total. The number of rotatable bonds is 5. The van der Waals surface area contributed by atoms with Crippen LogP contribution in [0, 0.1) is 0 Å². The van der Waals surface area contributed by atoms with Crippen molar-refractivity contribution in [3.8, 4) is 22.8 Å². The van der Waals surface area contributed by atoms with Gasteiger partial charge >= 0.3 is 0 Å². The van der Waals surface area contributed by atoms with Gasteiger partial charge in [-0.15, -0.1) is 11.3 Å². The molecule has 126 valence electrons. The zero-order valence-corrected chi connectivity index (χ0v) is 15.8. The molecule has 0 aliphatic carbocycles.